The Morgan fingerprint density at radius 1 is 0.417 bits per heavy atom. The molecule has 84 heavy (non-hydrogen) atoms. The Kier molecular flexibility index (Phi) is 21.6. The van der Waals surface area contributed by atoms with E-state index in [9.17, 15) is 9.90 Å². The number of pyridine rings is 4. The van der Waals surface area contributed by atoms with Crippen LogP contribution in [0.1, 0.15) is 77.1 Å². The molecule has 0 saturated heterocycles. The summed E-state index contributed by atoms with van der Waals surface area (Å²) in [7, 11) is 0. The summed E-state index contributed by atoms with van der Waals surface area (Å²) >= 11 is 7.40. The van der Waals surface area contributed by atoms with Crippen molar-refractivity contribution in [1.82, 2.24) is 19.9 Å². The maximum absolute atomic E-state index is 11.9. The van der Waals surface area contributed by atoms with Crippen LogP contribution in [0.25, 0.3) is 69.3 Å². The number of anilines is 6. The van der Waals surface area contributed by atoms with Crippen LogP contribution in [0.3, 0.4) is 0 Å². The van der Waals surface area contributed by atoms with Crippen LogP contribution in [0.4, 0.5) is 34.1 Å². The molecule has 10 rings (SSSR count). The average Bonchev–Trinajstić information content (AvgIpc) is 2.78. The van der Waals surface area contributed by atoms with E-state index < -0.39 is 5.97 Å². The van der Waals surface area contributed by atoms with E-state index in [-0.39, 0.29) is 25.0 Å². The topological polar surface area (TPSA) is 140 Å². The first-order chi connectivity index (χ1) is 40.0. The third-order valence-electron chi connectivity index (χ3n) is 13.8. The van der Waals surface area contributed by atoms with Crippen molar-refractivity contribution < 1.29 is 29.4 Å². The van der Waals surface area contributed by atoms with Crippen molar-refractivity contribution in [2.75, 3.05) is 9.80 Å². The van der Waals surface area contributed by atoms with Crippen molar-refractivity contribution >= 4 is 99.2 Å². The molecule has 0 saturated carbocycles. The van der Waals surface area contributed by atoms with E-state index in [1.807, 2.05) is 48.7 Å². The minimum Gasteiger partial charge on any atom is -0.753 e. The van der Waals surface area contributed by atoms with E-state index in [2.05, 4.69) is 240 Å². The van der Waals surface area contributed by atoms with Gasteiger partial charge in [-0.05, 0) is 197 Å². The molecule has 13 heteroatoms. The van der Waals surface area contributed by atoms with Gasteiger partial charge in [-0.25, -0.2) is 14.8 Å². The summed E-state index contributed by atoms with van der Waals surface area (Å²) in [5.41, 5.74) is 24.2. The number of carboxylic acid groups (broad SMARTS) is 1. The van der Waals surface area contributed by atoms with Crippen molar-refractivity contribution in [3.63, 3.8) is 0 Å². The summed E-state index contributed by atoms with van der Waals surface area (Å²) < 4.78 is 0. The van der Waals surface area contributed by atoms with Gasteiger partial charge in [-0.15, -0.1) is 0 Å². The molecule has 0 radical (unpaired) electrons. The molecule has 6 aromatic carbocycles. The van der Waals surface area contributed by atoms with E-state index in [1.165, 1.54) is 73.2 Å². The summed E-state index contributed by atoms with van der Waals surface area (Å²) in [6.07, 6.45) is 11.7. The van der Waals surface area contributed by atoms with Crippen LogP contribution in [-0.2, 0) is 19.5 Å². The normalized spacial score (nSPS) is 10.6. The Bertz CT molecular complexity index is 4020. The number of rotatable bonds is 14. The minimum atomic E-state index is -1.03. The van der Waals surface area contributed by atoms with E-state index in [4.69, 9.17) is 25.8 Å². The Morgan fingerprint density at radius 3 is 1.15 bits per heavy atom. The second-order valence-corrected chi connectivity index (χ2v) is 20.5. The van der Waals surface area contributed by atoms with Gasteiger partial charge in [-0.1, -0.05) is 150 Å². The number of hydrogen-bond acceptors (Lipinski definition) is 9. The number of hydrogen-bond donors (Lipinski definition) is 1. The Labute approximate surface area is 515 Å². The van der Waals surface area contributed by atoms with E-state index in [1.54, 1.807) is 0 Å². The Balaban J connectivity index is 0.00000139. The fourth-order valence-electron chi connectivity index (χ4n) is 9.92. The molecule has 0 fully saturated rings. The van der Waals surface area contributed by atoms with Crippen LogP contribution in [-0.4, -0.2) is 41.3 Å². The summed E-state index contributed by atoms with van der Waals surface area (Å²) in [5.74, 6) is -1.03. The smallest absolute Gasteiger partial charge is 0.753 e. The molecule has 4 aromatic heterocycles. The van der Waals surface area contributed by atoms with Gasteiger partial charge in [0.1, 0.15) is 0 Å². The van der Waals surface area contributed by atoms with Gasteiger partial charge < -0.3 is 25.7 Å². The van der Waals surface area contributed by atoms with Gasteiger partial charge in [0, 0.05) is 46.5 Å². The summed E-state index contributed by atoms with van der Waals surface area (Å²) in [5, 5.41) is 26.7. The molecule has 0 amide bonds. The fourth-order valence-corrected chi connectivity index (χ4v) is 9.92. The van der Waals surface area contributed by atoms with Crippen LogP contribution < -0.4 is 9.80 Å². The number of benzene rings is 6. The summed E-state index contributed by atoms with van der Waals surface area (Å²) in [6.45, 7) is 17.2. The molecule has 416 valence electrons. The molecule has 0 unspecified atom stereocenters. The summed E-state index contributed by atoms with van der Waals surface area (Å²) in [6, 6.07) is 60.5. The maximum atomic E-state index is 11.9. The van der Waals surface area contributed by atoms with E-state index >= 15 is 0 Å². The number of thiocarbonyl (C=S) groups is 2. The molecular formula is C71H60N8O2RuS2. The first kappa shape index (κ1) is 62.3. The Hall–Kier alpha value is -9.31. The van der Waals surface area contributed by atoms with Crippen molar-refractivity contribution in [3.8, 4) is 34.2 Å². The second-order valence-electron chi connectivity index (χ2n) is 20.2. The molecule has 10 aromatic rings. The Morgan fingerprint density at radius 2 is 0.750 bits per heavy atom. The first-order valence-corrected chi connectivity index (χ1v) is 27.5. The SMILES string of the molecule is Cc1ccc(N(c2ccc(/C=C/c3ccnc(-c4cc(/C=C/c5ccc(N(c6ccc(C)cc6C)c6ccc(C)cc6C)cc5)cc(-c5cccc(-c6cc(C(=O)O)ccn6)n5)n4)c3)cc2)c2ccc(C)cc2C)c(C)c1.[N-]=C=S.[N-]=C=S.[Ru+2]. The van der Waals surface area contributed by atoms with Gasteiger partial charge in [-0.3, -0.25) is 9.97 Å². The molecule has 1 N–H and O–H groups in total. The molecule has 10 nitrogen and oxygen atoms in total. The van der Waals surface area contributed by atoms with E-state index in [0.717, 1.165) is 56.4 Å². The van der Waals surface area contributed by atoms with Crippen molar-refractivity contribution in [1.29, 1.82) is 0 Å². The monoisotopic (exact) mass is 1220 g/mol. The number of aromatic carboxylic acids is 1. The molecule has 4 heterocycles. The number of carboxylic acids is 1. The van der Waals surface area contributed by atoms with Crippen LogP contribution >= 0.6 is 24.4 Å². The molecule has 0 spiro atoms. The zero-order chi connectivity index (χ0) is 59.2. The fraction of sp³-hybridized carbons (Fsp3) is 0.113. The number of nitrogens with zero attached hydrogens (tertiary/aromatic N) is 8. The standard InChI is InChI=1S/C69H60N6O2.2CNS.Ru/c1-44-12-28-65(48(5)36-44)74(66-29-13-45(2)37-49(66)6)57-24-20-52(21-25-57)16-18-54-32-34-70-61(40-54)64-42-55(41-63(73-64)60-11-9-10-59(72-60)62-43-56(69(76)77)33-35-71-62)19-17-53-22-26-58(27-23-53)75(67-30-14-46(3)38-50(67)7)68-31-15-47(4)39-51(68)8;2*2-1-3;/h9-43H,1-8H3,(H,76,77);;;/q;2*-1;+2/b18-16+,19-17+;;;. The molecule has 0 bridgehead atoms. The quantitative estimate of drug-likeness (QED) is 0.0636. The van der Waals surface area contributed by atoms with Gasteiger partial charge in [0.15, 0.2) is 0 Å². The number of aryl methyl sites for hydroxylation is 8. The van der Waals surface area contributed by atoms with E-state index in [0.29, 0.717) is 34.2 Å². The van der Waals surface area contributed by atoms with Crippen molar-refractivity contribution in [2.45, 2.75) is 55.4 Å². The van der Waals surface area contributed by atoms with Crippen LogP contribution in [0, 0.1) is 55.4 Å². The minimum absolute atomic E-state index is 0. The van der Waals surface area contributed by atoms with Gasteiger partial charge in [0.2, 0.25) is 0 Å². The summed E-state index contributed by atoms with van der Waals surface area (Å²) in [4.78, 5) is 36.0. The van der Waals surface area contributed by atoms with Gasteiger partial charge in [0.25, 0.3) is 0 Å². The zero-order valence-corrected chi connectivity index (χ0v) is 51.2. The van der Waals surface area contributed by atoms with Gasteiger partial charge in [0.05, 0.1) is 39.7 Å². The predicted molar refractivity (Wildman–Crippen MR) is 351 cm³/mol. The average molecular weight is 1220 g/mol. The zero-order valence-electron chi connectivity index (χ0n) is 47.8. The predicted octanol–water partition coefficient (Wildman–Crippen LogP) is 19.0. The third-order valence-corrected chi connectivity index (χ3v) is 13.8. The molecule has 0 aliphatic rings. The van der Waals surface area contributed by atoms with Crippen molar-refractivity contribution in [2.24, 2.45) is 0 Å². The molecule has 0 aliphatic carbocycles. The van der Waals surface area contributed by atoms with Crippen LogP contribution in [0.2, 0.25) is 0 Å². The van der Waals surface area contributed by atoms with Crippen LogP contribution in [0.15, 0.2) is 188 Å². The maximum Gasteiger partial charge on any atom is 2.00 e. The van der Waals surface area contributed by atoms with Gasteiger partial charge in [-0.2, -0.15) is 10.3 Å². The molecule has 0 atom stereocenters. The first-order valence-electron chi connectivity index (χ1n) is 26.7. The number of isothiocyanates is 2. The molecule has 0 aliphatic heterocycles. The van der Waals surface area contributed by atoms with Gasteiger partial charge >= 0.3 is 25.4 Å². The largest absolute Gasteiger partial charge is 2.00 e. The van der Waals surface area contributed by atoms with Crippen molar-refractivity contribution in [3.05, 3.63) is 271 Å². The second kappa shape index (κ2) is 29.1. The molecular weight excluding hydrogens is 1160 g/mol. The number of aromatic nitrogens is 4. The third kappa shape index (κ3) is 15.6. The van der Waals surface area contributed by atoms with Crippen LogP contribution in [0.5, 0.6) is 0 Å². The number of carbonyl (C=O) groups is 1.